The molecule has 2 aliphatic rings. The number of benzene rings is 1. The SMILES string of the molecule is CN1CCC(c2ccc3ncc(-c4cnn(C5CC(CCCN)C5)c4)nc3c2)CC1. The molecule has 6 heteroatoms. The van der Waals surface area contributed by atoms with Gasteiger partial charge in [-0.15, -0.1) is 0 Å². The number of nitrogens with two attached hydrogens (primary N) is 1. The minimum atomic E-state index is 0.519. The first kappa shape index (κ1) is 19.6. The van der Waals surface area contributed by atoms with Crippen molar-refractivity contribution in [3.8, 4) is 11.3 Å². The van der Waals surface area contributed by atoms with Gasteiger partial charge in [-0.2, -0.15) is 5.10 Å². The van der Waals surface area contributed by atoms with Crippen LogP contribution in [0.1, 0.15) is 56.0 Å². The summed E-state index contributed by atoms with van der Waals surface area (Å²) in [5.74, 6) is 1.44. The highest BCUT2D eigenvalue weighted by molar-refractivity contribution is 5.77. The molecular formula is C24H32N6. The molecule has 0 bridgehead atoms. The normalized spacial score (nSPS) is 23.0. The Hall–Kier alpha value is -2.31. The molecule has 2 aromatic heterocycles. The highest BCUT2D eigenvalue weighted by atomic mass is 15.3. The van der Waals surface area contributed by atoms with E-state index in [-0.39, 0.29) is 0 Å². The number of nitrogens with zero attached hydrogens (tertiary/aromatic N) is 5. The smallest absolute Gasteiger partial charge is 0.0924 e. The lowest BCUT2D eigenvalue weighted by Crippen LogP contribution is -2.29. The van der Waals surface area contributed by atoms with Crippen molar-refractivity contribution in [2.24, 2.45) is 11.7 Å². The summed E-state index contributed by atoms with van der Waals surface area (Å²) in [5, 5.41) is 4.63. The van der Waals surface area contributed by atoms with Crippen LogP contribution in [-0.2, 0) is 0 Å². The zero-order valence-electron chi connectivity index (χ0n) is 17.9. The molecule has 2 fully saturated rings. The molecule has 0 unspecified atom stereocenters. The van der Waals surface area contributed by atoms with Gasteiger partial charge in [0.2, 0.25) is 0 Å². The van der Waals surface area contributed by atoms with Crippen molar-refractivity contribution in [2.45, 2.75) is 50.5 Å². The largest absolute Gasteiger partial charge is 0.330 e. The van der Waals surface area contributed by atoms with E-state index in [1.165, 1.54) is 50.8 Å². The van der Waals surface area contributed by atoms with E-state index in [9.17, 15) is 0 Å². The number of hydrogen-bond donors (Lipinski definition) is 1. The summed E-state index contributed by atoms with van der Waals surface area (Å²) < 4.78 is 2.12. The molecule has 158 valence electrons. The van der Waals surface area contributed by atoms with Crippen LogP contribution in [-0.4, -0.2) is 51.3 Å². The zero-order valence-corrected chi connectivity index (χ0v) is 17.9. The van der Waals surface area contributed by atoms with Gasteiger partial charge in [0.05, 0.1) is 35.2 Å². The zero-order chi connectivity index (χ0) is 20.5. The topological polar surface area (TPSA) is 72.9 Å². The Kier molecular flexibility index (Phi) is 5.52. The third-order valence-electron chi connectivity index (χ3n) is 7.05. The van der Waals surface area contributed by atoms with E-state index in [0.29, 0.717) is 12.0 Å². The first-order valence-corrected chi connectivity index (χ1v) is 11.4. The van der Waals surface area contributed by atoms with Crippen molar-refractivity contribution in [3.63, 3.8) is 0 Å². The van der Waals surface area contributed by atoms with Crippen LogP contribution < -0.4 is 5.73 Å². The van der Waals surface area contributed by atoms with E-state index in [1.54, 1.807) is 0 Å². The predicted molar refractivity (Wildman–Crippen MR) is 120 cm³/mol. The summed E-state index contributed by atoms with van der Waals surface area (Å²) in [6, 6.07) is 7.13. The lowest BCUT2D eigenvalue weighted by Gasteiger charge is -2.35. The molecule has 0 spiro atoms. The molecule has 1 aliphatic carbocycles. The van der Waals surface area contributed by atoms with Crippen LogP contribution >= 0.6 is 0 Å². The third kappa shape index (κ3) is 3.98. The Morgan fingerprint density at radius 3 is 2.73 bits per heavy atom. The first-order chi connectivity index (χ1) is 14.7. The van der Waals surface area contributed by atoms with Crippen LogP contribution in [0.15, 0.2) is 36.8 Å². The number of likely N-dealkylation sites (tertiary alicyclic amines) is 1. The number of piperidine rings is 1. The van der Waals surface area contributed by atoms with Crippen molar-refractivity contribution in [2.75, 3.05) is 26.7 Å². The molecule has 6 nitrogen and oxygen atoms in total. The fraction of sp³-hybridized carbons (Fsp3) is 0.542. The molecule has 0 atom stereocenters. The Morgan fingerprint density at radius 2 is 1.93 bits per heavy atom. The Balaban J connectivity index is 1.32. The molecule has 5 rings (SSSR count). The quantitative estimate of drug-likeness (QED) is 0.672. The summed E-state index contributed by atoms with van der Waals surface area (Å²) in [6.07, 6.45) is 13.2. The van der Waals surface area contributed by atoms with E-state index >= 15 is 0 Å². The predicted octanol–water partition coefficient (Wildman–Crippen LogP) is 3.99. The molecule has 1 saturated carbocycles. The molecule has 3 aromatic rings. The molecule has 30 heavy (non-hydrogen) atoms. The second-order valence-corrected chi connectivity index (χ2v) is 9.21. The van der Waals surface area contributed by atoms with Crippen LogP contribution in [0, 0.1) is 5.92 Å². The van der Waals surface area contributed by atoms with E-state index in [1.807, 2.05) is 12.4 Å². The van der Waals surface area contributed by atoms with Crippen LogP contribution in [0.2, 0.25) is 0 Å². The summed E-state index contributed by atoms with van der Waals surface area (Å²) in [5.41, 5.74) is 10.9. The third-order valence-corrected chi connectivity index (χ3v) is 7.05. The maximum atomic E-state index is 5.63. The van der Waals surface area contributed by atoms with Gasteiger partial charge in [-0.05, 0) is 94.7 Å². The minimum absolute atomic E-state index is 0.519. The molecule has 2 N–H and O–H groups in total. The summed E-state index contributed by atoms with van der Waals surface area (Å²) in [4.78, 5) is 12.0. The maximum Gasteiger partial charge on any atom is 0.0924 e. The Morgan fingerprint density at radius 1 is 1.10 bits per heavy atom. The molecule has 1 saturated heterocycles. The Bertz CT molecular complexity index is 998. The molecule has 3 heterocycles. The Labute approximate surface area is 178 Å². The minimum Gasteiger partial charge on any atom is -0.330 e. The molecule has 0 amide bonds. The van der Waals surface area contributed by atoms with Gasteiger partial charge in [-0.25, -0.2) is 4.98 Å². The fourth-order valence-electron chi connectivity index (χ4n) is 4.99. The number of fused-ring (bicyclic) bond motifs is 1. The molecule has 1 aromatic carbocycles. The molecule has 0 radical (unpaired) electrons. The number of hydrogen-bond acceptors (Lipinski definition) is 5. The molecular weight excluding hydrogens is 372 g/mol. The maximum absolute atomic E-state index is 5.63. The monoisotopic (exact) mass is 404 g/mol. The van der Waals surface area contributed by atoms with Crippen LogP contribution in [0.25, 0.3) is 22.3 Å². The summed E-state index contributed by atoms with van der Waals surface area (Å²) in [7, 11) is 2.21. The second kappa shape index (κ2) is 8.44. The van der Waals surface area contributed by atoms with Gasteiger partial charge in [0.25, 0.3) is 0 Å². The lowest BCUT2D eigenvalue weighted by atomic mass is 9.77. The fourth-order valence-corrected chi connectivity index (χ4v) is 4.99. The van der Waals surface area contributed by atoms with Crippen LogP contribution in [0.4, 0.5) is 0 Å². The highest BCUT2D eigenvalue weighted by Gasteiger charge is 2.30. The van der Waals surface area contributed by atoms with Gasteiger partial charge in [-0.3, -0.25) is 9.67 Å². The van der Waals surface area contributed by atoms with E-state index in [2.05, 4.69) is 51.1 Å². The van der Waals surface area contributed by atoms with Crippen molar-refractivity contribution < 1.29 is 0 Å². The van der Waals surface area contributed by atoms with Crippen molar-refractivity contribution in [1.82, 2.24) is 24.6 Å². The average molecular weight is 405 g/mol. The average Bonchev–Trinajstić information content (AvgIpc) is 3.22. The number of rotatable bonds is 6. The van der Waals surface area contributed by atoms with E-state index in [4.69, 9.17) is 10.7 Å². The van der Waals surface area contributed by atoms with Crippen molar-refractivity contribution in [3.05, 3.63) is 42.4 Å². The summed E-state index contributed by atoms with van der Waals surface area (Å²) in [6.45, 7) is 3.14. The highest BCUT2D eigenvalue weighted by Crippen LogP contribution is 2.40. The van der Waals surface area contributed by atoms with E-state index in [0.717, 1.165) is 41.2 Å². The van der Waals surface area contributed by atoms with Crippen LogP contribution in [0.3, 0.4) is 0 Å². The number of aromatic nitrogens is 4. The van der Waals surface area contributed by atoms with Crippen molar-refractivity contribution >= 4 is 11.0 Å². The van der Waals surface area contributed by atoms with Gasteiger partial charge in [-0.1, -0.05) is 6.07 Å². The van der Waals surface area contributed by atoms with E-state index < -0.39 is 0 Å². The van der Waals surface area contributed by atoms with Gasteiger partial charge in [0, 0.05) is 11.8 Å². The van der Waals surface area contributed by atoms with Crippen LogP contribution in [0.5, 0.6) is 0 Å². The molecule has 1 aliphatic heterocycles. The summed E-state index contributed by atoms with van der Waals surface area (Å²) >= 11 is 0. The first-order valence-electron chi connectivity index (χ1n) is 11.4. The van der Waals surface area contributed by atoms with Gasteiger partial charge < -0.3 is 10.6 Å². The van der Waals surface area contributed by atoms with Gasteiger partial charge in [0.1, 0.15) is 0 Å². The van der Waals surface area contributed by atoms with Crippen molar-refractivity contribution in [1.29, 1.82) is 0 Å². The second-order valence-electron chi connectivity index (χ2n) is 9.21. The van der Waals surface area contributed by atoms with Gasteiger partial charge >= 0.3 is 0 Å². The van der Waals surface area contributed by atoms with Gasteiger partial charge in [0.15, 0.2) is 0 Å². The lowest BCUT2D eigenvalue weighted by molar-refractivity contribution is 0.171. The standard InChI is InChI=1S/C24H32N6/c1-29-9-6-18(7-10-29)19-4-5-22-23(13-19)28-24(15-26-22)20-14-27-30(16-20)21-11-17(12-21)3-2-8-25/h4-5,13-18,21H,2-3,6-12,25H2,1H3.